The van der Waals surface area contributed by atoms with E-state index in [1.807, 2.05) is 11.3 Å². The van der Waals surface area contributed by atoms with Crippen molar-refractivity contribution in [3.8, 4) is 22.3 Å². The van der Waals surface area contributed by atoms with E-state index < -0.39 is 7.12 Å². The quantitative estimate of drug-likeness (QED) is 0.158. The number of thiophene rings is 1. The van der Waals surface area contributed by atoms with Gasteiger partial charge in [-0.1, -0.05) is 115 Å². The lowest BCUT2D eigenvalue weighted by molar-refractivity contribution is 0.00578. The predicted octanol–water partition coefficient (Wildman–Crippen LogP) is 9.99. The van der Waals surface area contributed by atoms with E-state index in [4.69, 9.17) is 9.31 Å². The summed E-state index contributed by atoms with van der Waals surface area (Å²) in [5, 5.41) is 7.60. The predicted molar refractivity (Wildman–Crippen MR) is 181 cm³/mol. The van der Waals surface area contributed by atoms with Gasteiger partial charge in [-0.05, 0) is 71.3 Å². The summed E-state index contributed by atoms with van der Waals surface area (Å²) in [6.45, 7) is 8.47. The van der Waals surface area contributed by atoms with Gasteiger partial charge in [0, 0.05) is 25.8 Å². The molecule has 0 radical (unpaired) electrons. The Balaban J connectivity index is 1.43. The van der Waals surface area contributed by atoms with Crippen LogP contribution in [0.25, 0.3) is 64.0 Å². The summed E-state index contributed by atoms with van der Waals surface area (Å²) in [4.78, 5) is 0. The van der Waals surface area contributed by atoms with E-state index in [1.54, 1.807) is 0 Å². The number of benzene rings is 6. The molecule has 204 valence electrons. The summed E-state index contributed by atoms with van der Waals surface area (Å²) in [5.41, 5.74) is 5.41. The van der Waals surface area contributed by atoms with E-state index in [2.05, 4.69) is 143 Å². The summed E-state index contributed by atoms with van der Waals surface area (Å²) < 4.78 is 15.6. The van der Waals surface area contributed by atoms with E-state index >= 15 is 0 Å². The third-order valence-corrected chi connectivity index (χ3v) is 10.6. The lowest BCUT2D eigenvalue weighted by Gasteiger charge is -2.32. The molecule has 8 rings (SSSR count). The number of rotatable bonds is 3. The van der Waals surface area contributed by atoms with Crippen LogP contribution in [0.4, 0.5) is 0 Å². The van der Waals surface area contributed by atoms with E-state index in [9.17, 15) is 0 Å². The molecular weight excluding hydrogens is 531 g/mol. The molecule has 1 saturated heterocycles. The first-order valence-electron chi connectivity index (χ1n) is 14.6. The van der Waals surface area contributed by atoms with Gasteiger partial charge in [0.2, 0.25) is 0 Å². The fraction of sp³-hybridized carbons (Fsp3) is 0.158. The first-order valence-corrected chi connectivity index (χ1v) is 15.4. The molecule has 0 amide bonds. The maximum Gasteiger partial charge on any atom is 0.496 e. The van der Waals surface area contributed by atoms with Gasteiger partial charge in [0.25, 0.3) is 0 Å². The second-order valence-electron chi connectivity index (χ2n) is 12.3. The van der Waals surface area contributed by atoms with E-state index in [0.717, 1.165) is 5.46 Å². The molecule has 6 aromatic carbocycles. The zero-order chi connectivity index (χ0) is 28.6. The fourth-order valence-electron chi connectivity index (χ4n) is 6.53. The lowest BCUT2D eigenvalue weighted by Crippen LogP contribution is -2.41. The highest BCUT2D eigenvalue weighted by molar-refractivity contribution is 7.27. The van der Waals surface area contributed by atoms with Gasteiger partial charge in [-0.2, -0.15) is 0 Å². The van der Waals surface area contributed by atoms with Crippen LogP contribution in [0.2, 0.25) is 0 Å². The zero-order valence-corrected chi connectivity index (χ0v) is 25.1. The number of fused-ring (bicyclic) bond motifs is 5. The molecule has 4 heteroatoms. The van der Waals surface area contributed by atoms with Crippen LogP contribution < -0.4 is 5.46 Å². The van der Waals surface area contributed by atoms with Crippen molar-refractivity contribution >= 4 is 65.6 Å². The first kappa shape index (κ1) is 25.7. The fourth-order valence-corrected chi connectivity index (χ4v) is 7.87. The summed E-state index contributed by atoms with van der Waals surface area (Å²) in [7, 11) is -0.401. The summed E-state index contributed by atoms with van der Waals surface area (Å²) in [6.07, 6.45) is 0. The van der Waals surface area contributed by atoms with Crippen molar-refractivity contribution in [1.29, 1.82) is 0 Å². The van der Waals surface area contributed by atoms with Crippen LogP contribution in [-0.4, -0.2) is 18.3 Å². The molecule has 0 bridgehead atoms. The van der Waals surface area contributed by atoms with Crippen LogP contribution in [0.3, 0.4) is 0 Å². The maximum atomic E-state index is 6.52. The van der Waals surface area contributed by atoms with Crippen molar-refractivity contribution < 1.29 is 9.31 Å². The van der Waals surface area contributed by atoms with Crippen molar-refractivity contribution in [3.63, 3.8) is 0 Å². The minimum absolute atomic E-state index is 0.389. The van der Waals surface area contributed by atoms with Crippen molar-refractivity contribution in [2.45, 2.75) is 38.9 Å². The topological polar surface area (TPSA) is 18.5 Å². The molecule has 0 saturated carbocycles. The summed E-state index contributed by atoms with van der Waals surface area (Å²) >= 11 is 1.85. The Morgan fingerprint density at radius 1 is 0.476 bits per heavy atom. The van der Waals surface area contributed by atoms with Gasteiger partial charge in [0.1, 0.15) is 0 Å². The molecule has 42 heavy (non-hydrogen) atoms. The molecule has 1 fully saturated rings. The molecular formula is C38H31BO2S. The van der Waals surface area contributed by atoms with Gasteiger partial charge in [-0.3, -0.25) is 0 Å². The van der Waals surface area contributed by atoms with Crippen LogP contribution in [0, 0.1) is 0 Å². The number of hydrogen-bond acceptors (Lipinski definition) is 3. The molecule has 1 aromatic heterocycles. The van der Waals surface area contributed by atoms with E-state index in [0.29, 0.717) is 0 Å². The lowest BCUT2D eigenvalue weighted by atomic mass is 9.78. The average molecular weight is 563 g/mol. The Bertz CT molecular complexity index is 2090. The van der Waals surface area contributed by atoms with Crippen LogP contribution in [0.5, 0.6) is 0 Å². The van der Waals surface area contributed by atoms with E-state index in [-0.39, 0.29) is 11.2 Å². The van der Waals surface area contributed by atoms with Gasteiger partial charge in [-0.15, -0.1) is 11.3 Å². The maximum absolute atomic E-state index is 6.52. The Labute approximate surface area is 250 Å². The van der Waals surface area contributed by atoms with Gasteiger partial charge in [0.15, 0.2) is 0 Å². The second-order valence-corrected chi connectivity index (χ2v) is 13.3. The minimum atomic E-state index is -0.401. The molecule has 0 aliphatic carbocycles. The van der Waals surface area contributed by atoms with Gasteiger partial charge in [0.05, 0.1) is 11.2 Å². The standard InChI is InChI=1S/C38H31BO2S/c1-37(2)38(3,4)41-39(40-37)32-23-13-21-30-29-20-12-22-31(35(29)42-36(30)32)34-27-18-10-8-16-25(27)33(24-14-6-5-7-15-24)26-17-9-11-19-28(26)34/h5-23H,1-4H3. The normalized spacial score (nSPS) is 16.2. The highest BCUT2D eigenvalue weighted by Crippen LogP contribution is 2.48. The van der Waals surface area contributed by atoms with E-state index in [1.165, 1.54) is 64.0 Å². The van der Waals surface area contributed by atoms with Crippen LogP contribution in [0.15, 0.2) is 115 Å². The van der Waals surface area contributed by atoms with Crippen molar-refractivity contribution in [1.82, 2.24) is 0 Å². The minimum Gasteiger partial charge on any atom is -0.399 e. The third kappa shape index (κ3) is 3.72. The third-order valence-electron chi connectivity index (χ3n) is 9.33. The largest absolute Gasteiger partial charge is 0.496 e. The Morgan fingerprint density at radius 3 is 1.55 bits per heavy atom. The summed E-state index contributed by atoms with van der Waals surface area (Å²) in [6, 6.07) is 41.8. The second kappa shape index (κ2) is 9.27. The Kier molecular flexibility index (Phi) is 5.68. The highest BCUT2D eigenvalue weighted by atomic mass is 32.1. The molecule has 1 aliphatic heterocycles. The molecule has 2 heterocycles. The molecule has 1 aliphatic rings. The van der Waals surface area contributed by atoms with Gasteiger partial charge >= 0.3 is 7.12 Å². The SMILES string of the molecule is CC1(C)OB(c2cccc3c2sc2c(-c4c5ccccc5c(-c5ccccc5)c5ccccc45)cccc23)OC1(C)C. The summed E-state index contributed by atoms with van der Waals surface area (Å²) in [5.74, 6) is 0. The number of hydrogen-bond donors (Lipinski definition) is 0. The molecule has 0 atom stereocenters. The Morgan fingerprint density at radius 2 is 0.952 bits per heavy atom. The zero-order valence-electron chi connectivity index (χ0n) is 24.3. The molecule has 0 spiro atoms. The van der Waals surface area contributed by atoms with Crippen molar-refractivity contribution in [3.05, 3.63) is 115 Å². The van der Waals surface area contributed by atoms with Crippen LogP contribution in [-0.2, 0) is 9.31 Å². The molecule has 0 unspecified atom stereocenters. The average Bonchev–Trinajstić information content (AvgIpc) is 3.49. The highest BCUT2D eigenvalue weighted by Gasteiger charge is 2.52. The van der Waals surface area contributed by atoms with Crippen LogP contribution in [0.1, 0.15) is 27.7 Å². The first-order chi connectivity index (χ1) is 20.3. The smallest absolute Gasteiger partial charge is 0.399 e. The van der Waals surface area contributed by atoms with Crippen LogP contribution >= 0.6 is 11.3 Å². The molecule has 7 aromatic rings. The Hall–Kier alpha value is -3.96. The molecule has 0 N–H and O–H groups in total. The van der Waals surface area contributed by atoms with Crippen molar-refractivity contribution in [2.24, 2.45) is 0 Å². The van der Waals surface area contributed by atoms with Gasteiger partial charge < -0.3 is 9.31 Å². The van der Waals surface area contributed by atoms with Crippen molar-refractivity contribution in [2.75, 3.05) is 0 Å². The monoisotopic (exact) mass is 562 g/mol. The van der Waals surface area contributed by atoms with Gasteiger partial charge in [-0.25, -0.2) is 0 Å². The molecule has 2 nitrogen and oxygen atoms in total.